The molecule has 1 rings (SSSR count). The van der Waals surface area contributed by atoms with E-state index in [1.54, 1.807) is 13.0 Å². The van der Waals surface area contributed by atoms with Crippen LogP contribution >= 0.6 is 0 Å². The van der Waals surface area contributed by atoms with Gasteiger partial charge in [-0.05, 0) is 12.8 Å². The highest BCUT2D eigenvalue weighted by molar-refractivity contribution is 5.83. The number of aromatic nitrogens is 1. The predicted octanol–water partition coefficient (Wildman–Crippen LogP) is 3.85. The van der Waals surface area contributed by atoms with E-state index in [0.29, 0.717) is 24.1 Å². The van der Waals surface area contributed by atoms with Gasteiger partial charge in [0.15, 0.2) is 5.82 Å². The lowest BCUT2D eigenvalue weighted by Gasteiger charge is -2.06. The second-order valence-corrected chi connectivity index (χ2v) is 4.15. The maximum absolute atomic E-state index is 11.1. The minimum atomic E-state index is -0.507. The van der Waals surface area contributed by atoms with Crippen LogP contribution in [0.2, 0.25) is 0 Å². The van der Waals surface area contributed by atoms with Crippen LogP contribution in [-0.4, -0.2) is 17.9 Å². The van der Waals surface area contributed by atoms with E-state index in [2.05, 4.69) is 24.3 Å². The van der Waals surface area contributed by atoms with Gasteiger partial charge in [0, 0.05) is 7.49 Å². The van der Waals surface area contributed by atoms with E-state index < -0.39 is 6.09 Å². The maximum Gasteiger partial charge on any atom is 0.412 e. The largest absolute Gasteiger partial charge is 0.449 e. The van der Waals surface area contributed by atoms with Gasteiger partial charge < -0.3 is 9.26 Å². The van der Waals surface area contributed by atoms with Crippen LogP contribution in [0, 0.1) is 12.8 Å². The Balaban J connectivity index is 0. The van der Waals surface area contributed by atoms with Crippen LogP contribution in [0.1, 0.15) is 41.3 Å². The predicted molar refractivity (Wildman–Crippen MR) is 69.1 cm³/mol. The van der Waals surface area contributed by atoms with Gasteiger partial charge in [-0.3, -0.25) is 5.32 Å². The second kappa shape index (κ2) is 8.61. The highest BCUT2D eigenvalue weighted by atomic mass is 16.5. The molecule has 0 aliphatic heterocycles. The van der Waals surface area contributed by atoms with E-state index in [9.17, 15) is 4.79 Å². The smallest absolute Gasteiger partial charge is 0.412 e. The van der Waals surface area contributed by atoms with Gasteiger partial charge in [-0.15, -0.1) is 0 Å². The Labute approximate surface area is 104 Å². The molecule has 1 aromatic heterocycles. The second-order valence-electron chi connectivity index (χ2n) is 4.15. The van der Waals surface area contributed by atoms with Crippen LogP contribution in [0.15, 0.2) is 10.6 Å². The molecule has 0 saturated carbocycles. The SMILES string of the molecule is CCC.Cc1cc(NC(=O)OCC(C)C)no1.[HH]. The Bertz CT molecular complexity index is 327. The molecule has 5 heteroatoms. The first kappa shape index (κ1) is 15.5. The molecular weight excluding hydrogens is 220 g/mol. The number of aryl methyl sites for hydroxylation is 1. The summed E-state index contributed by atoms with van der Waals surface area (Å²) >= 11 is 0. The quantitative estimate of drug-likeness (QED) is 0.877. The van der Waals surface area contributed by atoms with Crippen molar-refractivity contribution in [3.8, 4) is 0 Å². The fourth-order valence-corrected chi connectivity index (χ4v) is 0.808. The van der Waals surface area contributed by atoms with Gasteiger partial charge in [-0.25, -0.2) is 4.79 Å². The van der Waals surface area contributed by atoms with Crippen molar-refractivity contribution in [3.63, 3.8) is 0 Å². The zero-order chi connectivity index (χ0) is 13.3. The molecule has 0 radical (unpaired) electrons. The van der Waals surface area contributed by atoms with E-state index in [1.807, 2.05) is 13.8 Å². The number of amides is 1. The van der Waals surface area contributed by atoms with Gasteiger partial charge in [0.25, 0.3) is 0 Å². The highest BCUT2D eigenvalue weighted by Gasteiger charge is 2.07. The fraction of sp³-hybridized carbons (Fsp3) is 0.667. The topological polar surface area (TPSA) is 64.4 Å². The molecule has 0 atom stereocenters. The van der Waals surface area contributed by atoms with Crippen molar-refractivity contribution in [2.75, 3.05) is 11.9 Å². The average Bonchev–Trinajstić information content (AvgIpc) is 2.62. The fourth-order valence-electron chi connectivity index (χ4n) is 0.808. The van der Waals surface area contributed by atoms with E-state index in [4.69, 9.17) is 9.26 Å². The summed E-state index contributed by atoms with van der Waals surface area (Å²) in [6, 6.07) is 1.62. The highest BCUT2D eigenvalue weighted by Crippen LogP contribution is 2.07. The van der Waals surface area contributed by atoms with Crippen molar-refractivity contribution < 1.29 is 15.5 Å². The number of carbonyl (C=O) groups excluding carboxylic acids is 1. The molecule has 100 valence electrons. The van der Waals surface area contributed by atoms with Crippen molar-refractivity contribution in [2.45, 2.75) is 41.0 Å². The molecule has 0 saturated heterocycles. The van der Waals surface area contributed by atoms with Crippen molar-refractivity contribution in [1.82, 2.24) is 5.16 Å². The van der Waals surface area contributed by atoms with Crippen LogP contribution in [0.5, 0.6) is 0 Å². The first-order chi connectivity index (χ1) is 7.99. The minimum Gasteiger partial charge on any atom is -0.449 e. The summed E-state index contributed by atoms with van der Waals surface area (Å²) in [5.74, 6) is 1.33. The third-order valence-electron chi connectivity index (χ3n) is 1.41. The zero-order valence-electron chi connectivity index (χ0n) is 11.2. The molecule has 0 spiro atoms. The standard InChI is InChI=1S/C9H14N2O3.C3H8.H2/c1-6(2)5-13-9(12)10-8-4-7(3)14-11-8;1-3-2;/h4,6H,5H2,1-3H3,(H,10,11,12);3H2,1-2H3;1H. The van der Waals surface area contributed by atoms with Crippen molar-refractivity contribution in [2.24, 2.45) is 5.92 Å². The van der Waals surface area contributed by atoms with Crippen LogP contribution in [0.3, 0.4) is 0 Å². The van der Waals surface area contributed by atoms with Crippen LogP contribution in [0.4, 0.5) is 10.6 Å². The lowest BCUT2D eigenvalue weighted by molar-refractivity contribution is 0.147. The molecule has 0 unspecified atom stereocenters. The number of nitrogens with one attached hydrogen (secondary N) is 1. The zero-order valence-corrected chi connectivity index (χ0v) is 11.2. The number of ether oxygens (including phenoxy) is 1. The van der Waals surface area contributed by atoms with Gasteiger partial charge in [0.05, 0.1) is 6.61 Å². The van der Waals surface area contributed by atoms with E-state index in [1.165, 1.54) is 6.42 Å². The summed E-state index contributed by atoms with van der Waals surface area (Å²) in [6.07, 6.45) is 0.743. The Kier molecular flexibility index (Phi) is 7.84. The number of hydrogen-bond donors (Lipinski definition) is 1. The van der Waals surface area contributed by atoms with Gasteiger partial charge >= 0.3 is 6.09 Å². The molecule has 1 aromatic rings. The molecule has 0 aliphatic carbocycles. The lowest BCUT2D eigenvalue weighted by atomic mass is 10.2. The average molecular weight is 244 g/mol. The Morgan fingerprint density at radius 3 is 2.59 bits per heavy atom. The minimum absolute atomic E-state index is 0. The number of hydrogen-bond acceptors (Lipinski definition) is 4. The molecule has 1 amide bonds. The number of carbonyl (C=O) groups is 1. The molecular formula is C12H24N2O3. The van der Waals surface area contributed by atoms with Gasteiger partial charge in [-0.2, -0.15) is 0 Å². The third-order valence-corrected chi connectivity index (χ3v) is 1.41. The maximum atomic E-state index is 11.1. The van der Waals surface area contributed by atoms with E-state index in [0.717, 1.165) is 0 Å². The van der Waals surface area contributed by atoms with Crippen molar-refractivity contribution in [1.29, 1.82) is 0 Å². The molecule has 1 N–H and O–H groups in total. The third kappa shape index (κ3) is 8.30. The summed E-state index contributed by atoms with van der Waals surface area (Å²) in [5, 5.41) is 6.05. The molecule has 0 bridgehead atoms. The number of nitrogens with zero attached hydrogens (tertiary/aromatic N) is 1. The monoisotopic (exact) mass is 244 g/mol. The molecule has 17 heavy (non-hydrogen) atoms. The summed E-state index contributed by atoms with van der Waals surface area (Å²) in [6.45, 7) is 10.3. The summed E-state index contributed by atoms with van der Waals surface area (Å²) in [7, 11) is 0. The molecule has 1 heterocycles. The normalized spacial score (nSPS) is 9.53. The molecule has 5 nitrogen and oxygen atoms in total. The summed E-state index contributed by atoms with van der Waals surface area (Å²) in [4.78, 5) is 11.1. The van der Waals surface area contributed by atoms with Gasteiger partial charge in [-0.1, -0.05) is 39.3 Å². The molecule has 0 aromatic carbocycles. The van der Waals surface area contributed by atoms with E-state index in [-0.39, 0.29) is 1.43 Å². The Hall–Kier alpha value is -1.52. The number of rotatable bonds is 3. The van der Waals surface area contributed by atoms with Gasteiger partial charge in [0.1, 0.15) is 5.76 Å². The molecule has 0 aliphatic rings. The lowest BCUT2D eigenvalue weighted by Crippen LogP contribution is -2.16. The van der Waals surface area contributed by atoms with E-state index >= 15 is 0 Å². The first-order valence-corrected chi connectivity index (χ1v) is 5.86. The van der Waals surface area contributed by atoms with Crippen molar-refractivity contribution >= 4 is 11.9 Å². The first-order valence-electron chi connectivity index (χ1n) is 5.86. The summed E-state index contributed by atoms with van der Waals surface area (Å²) in [5.41, 5.74) is 0. The van der Waals surface area contributed by atoms with Crippen LogP contribution in [-0.2, 0) is 4.74 Å². The van der Waals surface area contributed by atoms with Crippen LogP contribution < -0.4 is 5.32 Å². The van der Waals surface area contributed by atoms with Crippen LogP contribution in [0.25, 0.3) is 0 Å². The Morgan fingerprint density at radius 1 is 1.59 bits per heavy atom. The number of anilines is 1. The Morgan fingerprint density at radius 2 is 2.18 bits per heavy atom. The summed E-state index contributed by atoms with van der Waals surface area (Å²) < 4.78 is 9.66. The van der Waals surface area contributed by atoms with Crippen molar-refractivity contribution in [3.05, 3.63) is 11.8 Å². The molecule has 0 fully saturated rings. The van der Waals surface area contributed by atoms with Gasteiger partial charge in [0.2, 0.25) is 0 Å².